The Bertz CT molecular complexity index is 997. The van der Waals surface area contributed by atoms with Crippen LogP contribution in [0.3, 0.4) is 0 Å². The van der Waals surface area contributed by atoms with Crippen molar-refractivity contribution in [2.75, 3.05) is 5.32 Å². The second-order valence-corrected chi connectivity index (χ2v) is 5.84. The van der Waals surface area contributed by atoms with E-state index in [4.69, 9.17) is 20.8 Å². The smallest absolute Gasteiger partial charge is 0.141 e. The Morgan fingerprint density at radius 3 is 2.84 bits per heavy atom. The van der Waals surface area contributed by atoms with Crippen LogP contribution in [-0.4, -0.2) is 9.97 Å². The molecule has 0 aliphatic heterocycles. The van der Waals surface area contributed by atoms with Crippen molar-refractivity contribution in [3.63, 3.8) is 0 Å². The van der Waals surface area contributed by atoms with Gasteiger partial charge in [0.1, 0.15) is 24.5 Å². The van der Waals surface area contributed by atoms with Crippen LogP contribution < -0.4 is 10.1 Å². The van der Waals surface area contributed by atoms with Crippen LogP contribution in [-0.2, 0) is 6.61 Å². The molecular weight excluding hydrogens is 338 g/mol. The van der Waals surface area contributed by atoms with E-state index in [2.05, 4.69) is 15.3 Å². The third-order valence-electron chi connectivity index (χ3n) is 3.71. The molecule has 0 aliphatic rings. The third kappa shape index (κ3) is 3.41. The van der Waals surface area contributed by atoms with Crippen molar-refractivity contribution in [2.24, 2.45) is 0 Å². The molecule has 2 aromatic heterocycles. The lowest BCUT2D eigenvalue weighted by Gasteiger charge is -2.11. The lowest BCUT2D eigenvalue weighted by atomic mass is 10.2. The molecule has 0 unspecified atom stereocenters. The second-order valence-electron chi connectivity index (χ2n) is 5.43. The Hall–Kier alpha value is -3.05. The second kappa shape index (κ2) is 6.83. The van der Waals surface area contributed by atoms with Crippen molar-refractivity contribution in [3.05, 3.63) is 78.0 Å². The SMILES string of the molecule is Clc1cc(Nc2ncnc3ccccc23)ccc1OCc1ccoc1. The zero-order chi connectivity index (χ0) is 17.1. The van der Waals surface area contributed by atoms with E-state index in [1.807, 2.05) is 48.5 Å². The maximum atomic E-state index is 6.33. The minimum Gasteiger partial charge on any atom is -0.487 e. The summed E-state index contributed by atoms with van der Waals surface area (Å²) in [6, 6.07) is 15.2. The van der Waals surface area contributed by atoms with Crippen molar-refractivity contribution < 1.29 is 9.15 Å². The molecule has 4 aromatic rings. The van der Waals surface area contributed by atoms with E-state index in [0.29, 0.717) is 17.4 Å². The normalized spacial score (nSPS) is 10.8. The molecule has 4 rings (SSSR count). The molecule has 0 spiro atoms. The minimum absolute atomic E-state index is 0.402. The highest BCUT2D eigenvalue weighted by molar-refractivity contribution is 6.32. The van der Waals surface area contributed by atoms with Gasteiger partial charge in [-0.15, -0.1) is 0 Å². The van der Waals surface area contributed by atoms with Crippen LogP contribution in [0.25, 0.3) is 10.9 Å². The molecular formula is C19H14ClN3O2. The molecule has 6 heteroatoms. The lowest BCUT2D eigenvalue weighted by molar-refractivity contribution is 0.305. The highest BCUT2D eigenvalue weighted by Gasteiger charge is 2.07. The number of halogens is 1. The van der Waals surface area contributed by atoms with Gasteiger partial charge in [-0.05, 0) is 36.4 Å². The number of aromatic nitrogens is 2. The largest absolute Gasteiger partial charge is 0.487 e. The van der Waals surface area contributed by atoms with Crippen LogP contribution in [0.2, 0.25) is 5.02 Å². The Morgan fingerprint density at radius 2 is 2.00 bits per heavy atom. The van der Waals surface area contributed by atoms with E-state index >= 15 is 0 Å². The number of hydrogen-bond donors (Lipinski definition) is 1. The van der Waals surface area contributed by atoms with Crippen molar-refractivity contribution in [2.45, 2.75) is 6.61 Å². The van der Waals surface area contributed by atoms with Gasteiger partial charge in [-0.1, -0.05) is 23.7 Å². The van der Waals surface area contributed by atoms with Crippen molar-refractivity contribution >= 4 is 34.0 Å². The fourth-order valence-electron chi connectivity index (χ4n) is 2.47. The van der Waals surface area contributed by atoms with E-state index in [0.717, 1.165) is 28.0 Å². The molecule has 0 saturated heterocycles. The number of rotatable bonds is 5. The maximum absolute atomic E-state index is 6.33. The third-order valence-corrected chi connectivity index (χ3v) is 4.01. The highest BCUT2D eigenvalue weighted by atomic mass is 35.5. The van der Waals surface area contributed by atoms with Gasteiger partial charge in [0.05, 0.1) is 23.1 Å². The molecule has 124 valence electrons. The Kier molecular flexibility index (Phi) is 4.23. The number of nitrogens with zero attached hydrogens (tertiary/aromatic N) is 2. The summed E-state index contributed by atoms with van der Waals surface area (Å²) >= 11 is 6.33. The number of furan rings is 1. The molecule has 0 atom stereocenters. The fourth-order valence-corrected chi connectivity index (χ4v) is 2.71. The quantitative estimate of drug-likeness (QED) is 0.535. The van der Waals surface area contributed by atoms with Crippen LogP contribution in [0.4, 0.5) is 11.5 Å². The first kappa shape index (κ1) is 15.5. The van der Waals surface area contributed by atoms with Crippen molar-refractivity contribution in [1.82, 2.24) is 9.97 Å². The van der Waals surface area contributed by atoms with E-state index in [1.54, 1.807) is 12.5 Å². The van der Waals surface area contributed by atoms with Gasteiger partial charge in [-0.25, -0.2) is 9.97 Å². The molecule has 0 fully saturated rings. The van der Waals surface area contributed by atoms with Gasteiger partial charge in [-0.3, -0.25) is 0 Å². The number of ether oxygens (including phenoxy) is 1. The first-order valence-corrected chi connectivity index (χ1v) is 8.07. The topological polar surface area (TPSA) is 60.2 Å². The molecule has 0 amide bonds. The summed E-state index contributed by atoms with van der Waals surface area (Å²) in [5, 5.41) is 4.74. The number of hydrogen-bond acceptors (Lipinski definition) is 5. The van der Waals surface area contributed by atoms with E-state index < -0.39 is 0 Å². The van der Waals surface area contributed by atoms with Gasteiger partial charge in [0.2, 0.25) is 0 Å². The van der Waals surface area contributed by atoms with Crippen LogP contribution in [0.15, 0.2) is 71.8 Å². The average Bonchev–Trinajstić information content (AvgIpc) is 3.15. The number of fused-ring (bicyclic) bond motifs is 1. The summed E-state index contributed by atoms with van der Waals surface area (Å²) in [7, 11) is 0. The van der Waals surface area contributed by atoms with Gasteiger partial charge in [-0.2, -0.15) is 0 Å². The average molecular weight is 352 g/mol. The number of para-hydroxylation sites is 1. The molecule has 25 heavy (non-hydrogen) atoms. The molecule has 2 heterocycles. The standard InChI is InChI=1S/C19H14ClN3O2/c20-16-9-14(5-6-18(16)25-11-13-7-8-24-10-13)23-19-15-3-1-2-4-17(15)21-12-22-19/h1-10,12H,11H2,(H,21,22,23). The molecule has 2 aromatic carbocycles. The monoisotopic (exact) mass is 351 g/mol. The Labute approximate surface area is 149 Å². The van der Waals surface area contributed by atoms with Crippen LogP contribution in [0.1, 0.15) is 5.56 Å². The van der Waals surface area contributed by atoms with Crippen molar-refractivity contribution in [3.8, 4) is 5.75 Å². The Balaban J connectivity index is 1.54. The molecule has 0 aliphatic carbocycles. The van der Waals surface area contributed by atoms with Gasteiger partial charge >= 0.3 is 0 Å². The van der Waals surface area contributed by atoms with Crippen LogP contribution in [0.5, 0.6) is 5.75 Å². The number of anilines is 2. The maximum Gasteiger partial charge on any atom is 0.141 e. The molecule has 5 nitrogen and oxygen atoms in total. The minimum atomic E-state index is 0.402. The first-order valence-electron chi connectivity index (χ1n) is 7.70. The zero-order valence-electron chi connectivity index (χ0n) is 13.1. The van der Waals surface area contributed by atoms with Gasteiger partial charge in [0.15, 0.2) is 0 Å². The predicted octanol–water partition coefficient (Wildman–Crippen LogP) is 5.20. The van der Waals surface area contributed by atoms with E-state index in [-0.39, 0.29) is 0 Å². The lowest BCUT2D eigenvalue weighted by Crippen LogP contribution is -1.97. The summed E-state index contributed by atoms with van der Waals surface area (Å²) in [6.45, 7) is 0.402. The molecule has 0 radical (unpaired) electrons. The van der Waals surface area contributed by atoms with Gasteiger partial charge in [0.25, 0.3) is 0 Å². The Morgan fingerprint density at radius 1 is 1.08 bits per heavy atom. The van der Waals surface area contributed by atoms with Gasteiger partial charge in [0, 0.05) is 16.6 Å². The van der Waals surface area contributed by atoms with E-state index in [9.17, 15) is 0 Å². The zero-order valence-corrected chi connectivity index (χ0v) is 13.9. The van der Waals surface area contributed by atoms with E-state index in [1.165, 1.54) is 6.33 Å². The van der Waals surface area contributed by atoms with Crippen molar-refractivity contribution in [1.29, 1.82) is 0 Å². The molecule has 0 saturated carbocycles. The summed E-state index contributed by atoms with van der Waals surface area (Å²) in [5.41, 5.74) is 2.65. The fraction of sp³-hybridized carbons (Fsp3) is 0.0526. The number of nitrogens with one attached hydrogen (secondary N) is 1. The first-order chi connectivity index (χ1) is 12.3. The summed E-state index contributed by atoms with van der Waals surface area (Å²) in [5.74, 6) is 1.34. The summed E-state index contributed by atoms with van der Waals surface area (Å²) in [6.07, 6.45) is 4.79. The molecule has 0 bridgehead atoms. The van der Waals surface area contributed by atoms with Gasteiger partial charge < -0.3 is 14.5 Å². The predicted molar refractivity (Wildman–Crippen MR) is 97.3 cm³/mol. The summed E-state index contributed by atoms with van der Waals surface area (Å²) < 4.78 is 10.7. The summed E-state index contributed by atoms with van der Waals surface area (Å²) in [4.78, 5) is 8.58. The number of benzene rings is 2. The molecule has 1 N–H and O–H groups in total. The van der Waals surface area contributed by atoms with Crippen LogP contribution >= 0.6 is 11.6 Å². The van der Waals surface area contributed by atoms with Crippen LogP contribution in [0, 0.1) is 0 Å². The highest BCUT2D eigenvalue weighted by Crippen LogP contribution is 2.30.